The third-order valence-electron chi connectivity index (χ3n) is 3.32. The van der Waals surface area contributed by atoms with Gasteiger partial charge in [-0.3, -0.25) is 9.59 Å². The van der Waals surface area contributed by atoms with Crippen LogP contribution >= 0.6 is 11.6 Å². The average Bonchev–Trinajstić information content (AvgIpc) is 2.52. The topological polar surface area (TPSA) is 81.4 Å². The van der Waals surface area contributed by atoms with Gasteiger partial charge in [0.05, 0.1) is 5.56 Å². The first kappa shape index (κ1) is 17.7. The van der Waals surface area contributed by atoms with Crippen LogP contribution in [0.15, 0.2) is 36.4 Å². The molecule has 0 aliphatic heterocycles. The van der Waals surface area contributed by atoms with Crippen LogP contribution in [0.2, 0.25) is 5.02 Å². The molecule has 0 fully saturated rings. The molecule has 0 unspecified atom stereocenters. The Hall–Kier alpha value is -2.60. The van der Waals surface area contributed by atoms with Crippen LogP contribution in [0.4, 0.5) is 10.1 Å². The number of anilines is 1. The van der Waals surface area contributed by atoms with E-state index in [9.17, 15) is 14.0 Å². The number of primary amides is 1. The van der Waals surface area contributed by atoms with Crippen LogP contribution < -0.4 is 15.8 Å². The van der Waals surface area contributed by atoms with Crippen molar-refractivity contribution in [2.24, 2.45) is 5.73 Å². The minimum atomic E-state index is -0.936. The van der Waals surface area contributed by atoms with Gasteiger partial charge in [-0.2, -0.15) is 0 Å². The summed E-state index contributed by atoms with van der Waals surface area (Å²) >= 11 is 5.82. The van der Waals surface area contributed by atoms with Gasteiger partial charge in [0.15, 0.2) is 6.10 Å². The Balaban J connectivity index is 2.11. The Morgan fingerprint density at radius 2 is 1.96 bits per heavy atom. The minimum absolute atomic E-state index is 0.0727. The van der Waals surface area contributed by atoms with Gasteiger partial charge in [-0.05, 0) is 49.7 Å². The highest BCUT2D eigenvalue weighted by atomic mass is 35.5. The Bertz CT molecular complexity index is 795. The van der Waals surface area contributed by atoms with Gasteiger partial charge in [0.1, 0.15) is 11.6 Å². The summed E-state index contributed by atoms with van der Waals surface area (Å²) in [5.74, 6) is -1.50. The molecule has 2 rings (SSSR count). The molecule has 1 atom stereocenters. The maximum atomic E-state index is 13.5. The van der Waals surface area contributed by atoms with Crippen LogP contribution in [0.5, 0.6) is 5.75 Å². The predicted molar refractivity (Wildman–Crippen MR) is 89.8 cm³/mol. The van der Waals surface area contributed by atoms with E-state index in [1.807, 2.05) is 0 Å². The largest absolute Gasteiger partial charge is 0.480 e. The van der Waals surface area contributed by atoms with E-state index in [4.69, 9.17) is 22.1 Å². The van der Waals surface area contributed by atoms with Gasteiger partial charge in [0.2, 0.25) is 0 Å². The fourth-order valence-electron chi connectivity index (χ4n) is 1.96. The van der Waals surface area contributed by atoms with Crippen LogP contribution in [0.25, 0.3) is 0 Å². The van der Waals surface area contributed by atoms with Gasteiger partial charge in [-0.15, -0.1) is 0 Å². The highest BCUT2D eigenvalue weighted by molar-refractivity contribution is 6.31. The summed E-state index contributed by atoms with van der Waals surface area (Å²) in [4.78, 5) is 23.6. The molecule has 0 aliphatic carbocycles. The molecular weight excluding hydrogens is 335 g/mol. The maximum Gasteiger partial charge on any atom is 0.265 e. The summed E-state index contributed by atoms with van der Waals surface area (Å²) in [6, 6.07) is 8.69. The highest BCUT2D eigenvalue weighted by Gasteiger charge is 2.19. The quantitative estimate of drug-likeness (QED) is 0.868. The van der Waals surface area contributed by atoms with E-state index in [1.54, 1.807) is 19.1 Å². The lowest BCUT2D eigenvalue weighted by molar-refractivity contribution is -0.122. The molecule has 3 N–H and O–H groups in total. The number of amides is 2. The summed E-state index contributed by atoms with van der Waals surface area (Å²) in [6.07, 6.45) is -0.936. The maximum absolute atomic E-state index is 13.5. The Morgan fingerprint density at radius 3 is 2.58 bits per heavy atom. The number of rotatable bonds is 5. The standard InChI is InChI=1S/C17H16ClFN2O3/c1-9-3-5-12(8-14(9)19)21-17(23)10(2)24-15-6-4-11(18)7-13(15)16(20)22/h3-8,10H,1-2H3,(H2,20,22)(H,21,23)/t10-/m0/s1. The molecule has 0 saturated carbocycles. The number of aryl methyl sites for hydroxylation is 1. The van der Waals surface area contributed by atoms with Gasteiger partial charge in [-0.25, -0.2) is 4.39 Å². The van der Waals surface area contributed by atoms with Gasteiger partial charge in [-0.1, -0.05) is 17.7 Å². The van der Waals surface area contributed by atoms with E-state index in [0.29, 0.717) is 16.3 Å². The van der Waals surface area contributed by atoms with Crippen molar-refractivity contribution in [2.75, 3.05) is 5.32 Å². The van der Waals surface area contributed by atoms with Crippen LogP contribution in [-0.4, -0.2) is 17.9 Å². The molecular formula is C17H16ClFN2O3. The smallest absolute Gasteiger partial charge is 0.265 e. The zero-order valence-corrected chi connectivity index (χ0v) is 13.9. The van der Waals surface area contributed by atoms with Gasteiger partial charge in [0.25, 0.3) is 11.8 Å². The second-order valence-electron chi connectivity index (χ2n) is 5.22. The monoisotopic (exact) mass is 350 g/mol. The Kier molecular flexibility index (Phi) is 5.41. The number of hydrogen-bond donors (Lipinski definition) is 2. The minimum Gasteiger partial charge on any atom is -0.480 e. The van der Waals surface area contributed by atoms with Crippen LogP contribution in [0, 0.1) is 12.7 Å². The van der Waals surface area contributed by atoms with Gasteiger partial charge >= 0.3 is 0 Å². The lowest BCUT2D eigenvalue weighted by Gasteiger charge is -2.16. The first-order chi connectivity index (χ1) is 11.3. The van der Waals surface area contributed by atoms with Crippen molar-refractivity contribution >= 4 is 29.1 Å². The van der Waals surface area contributed by atoms with Crippen molar-refractivity contribution in [1.82, 2.24) is 0 Å². The van der Waals surface area contributed by atoms with Crippen molar-refractivity contribution in [1.29, 1.82) is 0 Å². The Morgan fingerprint density at radius 1 is 1.25 bits per heavy atom. The number of ether oxygens (including phenoxy) is 1. The molecule has 2 aromatic rings. The second-order valence-corrected chi connectivity index (χ2v) is 5.65. The van der Waals surface area contributed by atoms with Crippen molar-refractivity contribution in [3.8, 4) is 5.75 Å². The van der Waals surface area contributed by atoms with E-state index in [2.05, 4.69) is 5.32 Å². The molecule has 7 heteroatoms. The van der Waals surface area contributed by atoms with Crippen molar-refractivity contribution in [2.45, 2.75) is 20.0 Å². The SMILES string of the molecule is Cc1ccc(NC(=O)[C@H](C)Oc2ccc(Cl)cc2C(N)=O)cc1F. The number of carbonyl (C=O) groups excluding carboxylic acids is 2. The number of benzene rings is 2. The summed E-state index contributed by atoms with van der Waals surface area (Å²) in [7, 11) is 0. The summed E-state index contributed by atoms with van der Waals surface area (Å²) in [5.41, 5.74) is 6.13. The molecule has 2 amide bonds. The van der Waals surface area contributed by atoms with E-state index >= 15 is 0 Å². The number of halogens is 2. The second kappa shape index (κ2) is 7.31. The first-order valence-corrected chi connectivity index (χ1v) is 7.48. The average molecular weight is 351 g/mol. The summed E-state index contributed by atoms with van der Waals surface area (Å²) < 4.78 is 19.0. The number of hydrogen-bond acceptors (Lipinski definition) is 3. The van der Waals surface area contributed by atoms with Crippen LogP contribution in [-0.2, 0) is 4.79 Å². The molecule has 0 radical (unpaired) electrons. The van der Waals surface area contributed by atoms with Crippen molar-refractivity contribution < 1.29 is 18.7 Å². The first-order valence-electron chi connectivity index (χ1n) is 7.11. The van der Waals surface area contributed by atoms with Crippen LogP contribution in [0.1, 0.15) is 22.8 Å². The van der Waals surface area contributed by atoms with Crippen molar-refractivity contribution in [3.63, 3.8) is 0 Å². The zero-order valence-electron chi connectivity index (χ0n) is 13.1. The summed E-state index contributed by atoms with van der Waals surface area (Å²) in [5, 5.41) is 2.87. The van der Waals surface area contributed by atoms with E-state index in [-0.39, 0.29) is 11.3 Å². The zero-order chi connectivity index (χ0) is 17.9. The molecule has 0 saturated heterocycles. The fourth-order valence-corrected chi connectivity index (χ4v) is 2.13. The lowest BCUT2D eigenvalue weighted by Crippen LogP contribution is -2.31. The number of nitrogens with two attached hydrogens (primary N) is 1. The van der Waals surface area contributed by atoms with Gasteiger partial charge < -0.3 is 15.8 Å². The molecule has 0 aliphatic rings. The fraction of sp³-hybridized carbons (Fsp3) is 0.176. The molecule has 24 heavy (non-hydrogen) atoms. The number of nitrogens with one attached hydrogen (secondary N) is 1. The summed E-state index contributed by atoms with van der Waals surface area (Å²) in [6.45, 7) is 3.12. The van der Waals surface area contributed by atoms with E-state index in [0.717, 1.165) is 0 Å². The molecule has 2 aromatic carbocycles. The van der Waals surface area contributed by atoms with Gasteiger partial charge in [0, 0.05) is 10.7 Å². The molecule has 126 valence electrons. The normalized spacial score (nSPS) is 11.7. The van der Waals surface area contributed by atoms with Crippen LogP contribution in [0.3, 0.4) is 0 Å². The lowest BCUT2D eigenvalue weighted by atomic mass is 10.2. The molecule has 0 heterocycles. The third kappa shape index (κ3) is 4.23. The highest BCUT2D eigenvalue weighted by Crippen LogP contribution is 2.24. The van der Waals surface area contributed by atoms with E-state index < -0.39 is 23.7 Å². The van der Waals surface area contributed by atoms with E-state index in [1.165, 1.54) is 31.2 Å². The predicted octanol–water partition coefficient (Wildman–Crippen LogP) is 3.29. The molecule has 0 bridgehead atoms. The Labute approximate surface area is 143 Å². The molecule has 0 aromatic heterocycles. The van der Waals surface area contributed by atoms with Crippen molar-refractivity contribution in [3.05, 3.63) is 58.4 Å². The third-order valence-corrected chi connectivity index (χ3v) is 3.55. The number of carbonyl (C=O) groups is 2. The molecule has 5 nitrogen and oxygen atoms in total. The molecule has 0 spiro atoms.